The van der Waals surface area contributed by atoms with Crippen molar-refractivity contribution in [1.82, 2.24) is 0 Å². The van der Waals surface area contributed by atoms with Gasteiger partial charge < -0.3 is 9.84 Å². The Kier molecular flexibility index (Phi) is 5.64. The van der Waals surface area contributed by atoms with Crippen LogP contribution in [0.15, 0.2) is 65.7 Å². The Morgan fingerprint density at radius 1 is 1.08 bits per heavy atom. The molecule has 26 heavy (non-hydrogen) atoms. The summed E-state index contributed by atoms with van der Waals surface area (Å²) in [6, 6.07) is 18.3. The van der Waals surface area contributed by atoms with Crippen LogP contribution in [0.4, 0.5) is 5.69 Å². The Bertz CT molecular complexity index is 930. The minimum absolute atomic E-state index is 0.184. The van der Waals surface area contributed by atoms with Crippen LogP contribution >= 0.6 is 0 Å². The van der Waals surface area contributed by atoms with Crippen LogP contribution in [0.25, 0.3) is 10.8 Å². The van der Waals surface area contributed by atoms with Crippen molar-refractivity contribution in [3.8, 4) is 5.75 Å². The van der Waals surface area contributed by atoms with Gasteiger partial charge in [0, 0.05) is 11.8 Å². The first-order valence-electron chi connectivity index (χ1n) is 8.71. The lowest BCUT2D eigenvalue weighted by Gasteiger charge is -2.05. The molecular weight excluding hydrogens is 326 g/mol. The minimum atomic E-state index is -0.319. The Morgan fingerprint density at radius 2 is 1.85 bits per heavy atom. The van der Waals surface area contributed by atoms with Crippen molar-refractivity contribution >= 4 is 28.6 Å². The Hall–Kier alpha value is -3.14. The van der Waals surface area contributed by atoms with Gasteiger partial charge >= 0.3 is 5.97 Å². The minimum Gasteiger partial charge on any atom is -0.507 e. The molecule has 3 rings (SSSR count). The molecule has 132 valence electrons. The van der Waals surface area contributed by atoms with Crippen molar-refractivity contribution in [3.63, 3.8) is 0 Å². The van der Waals surface area contributed by atoms with Crippen molar-refractivity contribution in [2.75, 3.05) is 6.61 Å². The van der Waals surface area contributed by atoms with Gasteiger partial charge in [-0.05, 0) is 47.5 Å². The van der Waals surface area contributed by atoms with Crippen molar-refractivity contribution in [1.29, 1.82) is 0 Å². The predicted molar refractivity (Wildman–Crippen MR) is 104 cm³/mol. The van der Waals surface area contributed by atoms with Crippen LogP contribution in [-0.4, -0.2) is 23.9 Å². The van der Waals surface area contributed by atoms with Crippen LogP contribution in [0.5, 0.6) is 5.75 Å². The molecule has 0 saturated carbocycles. The van der Waals surface area contributed by atoms with E-state index in [0.29, 0.717) is 23.4 Å². The van der Waals surface area contributed by atoms with Crippen molar-refractivity contribution in [2.24, 2.45) is 4.99 Å². The number of carbonyl (C=O) groups is 1. The fraction of sp³-hybridized carbons (Fsp3) is 0.182. The van der Waals surface area contributed by atoms with E-state index in [-0.39, 0.29) is 11.7 Å². The molecule has 4 nitrogen and oxygen atoms in total. The second-order valence-corrected chi connectivity index (χ2v) is 6.01. The molecule has 1 N–H and O–H groups in total. The van der Waals surface area contributed by atoms with E-state index in [1.807, 2.05) is 37.3 Å². The highest BCUT2D eigenvalue weighted by atomic mass is 16.5. The highest BCUT2D eigenvalue weighted by Gasteiger charge is 2.07. The summed E-state index contributed by atoms with van der Waals surface area (Å²) in [4.78, 5) is 16.3. The molecule has 0 aliphatic heterocycles. The van der Waals surface area contributed by atoms with E-state index in [0.717, 1.165) is 23.6 Å². The number of carbonyl (C=O) groups excluding carboxylic acids is 1. The number of unbranched alkanes of at least 4 members (excludes halogenated alkanes) is 1. The summed E-state index contributed by atoms with van der Waals surface area (Å²) in [6.07, 6.45) is 3.50. The summed E-state index contributed by atoms with van der Waals surface area (Å²) in [7, 11) is 0. The molecule has 0 aromatic heterocycles. The maximum Gasteiger partial charge on any atom is 0.338 e. The number of phenols is 1. The Morgan fingerprint density at radius 3 is 2.62 bits per heavy atom. The molecule has 0 aliphatic rings. The molecule has 0 saturated heterocycles. The average Bonchev–Trinajstić information content (AvgIpc) is 2.68. The van der Waals surface area contributed by atoms with Gasteiger partial charge in [0.1, 0.15) is 5.75 Å². The molecule has 0 bridgehead atoms. The maximum atomic E-state index is 11.9. The summed E-state index contributed by atoms with van der Waals surface area (Å²) >= 11 is 0. The van der Waals surface area contributed by atoms with Gasteiger partial charge in [-0.3, -0.25) is 4.99 Å². The summed E-state index contributed by atoms with van der Waals surface area (Å²) < 4.78 is 5.19. The van der Waals surface area contributed by atoms with E-state index < -0.39 is 0 Å². The molecule has 0 spiro atoms. The standard InChI is InChI=1S/C22H21NO3/c1-2-3-14-26-22(25)17-8-11-18(12-9-17)23-15-20-19-7-5-4-6-16(19)10-13-21(20)24/h4-13,15,24H,2-3,14H2,1H3. The van der Waals surface area contributed by atoms with Crippen LogP contribution in [-0.2, 0) is 4.74 Å². The monoisotopic (exact) mass is 347 g/mol. The Balaban J connectivity index is 1.77. The number of ether oxygens (including phenoxy) is 1. The number of rotatable bonds is 6. The van der Waals surface area contributed by atoms with Crippen LogP contribution < -0.4 is 0 Å². The molecule has 0 radical (unpaired) electrons. The number of esters is 1. The van der Waals surface area contributed by atoms with Gasteiger partial charge in [0.15, 0.2) is 0 Å². The lowest BCUT2D eigenvalue weighted by molar-refractivity contribution is 0.0500. The number of benzene rings is 3. The zero-order valence-electron chi connectivity index (χ0n) is 14.7. The third kappa shape index (κ3) is 4.09. The maximum absolute atomic E-state index is 11.9. The van der Waals surface area contributed by atoms with E-state index in [9.17, 15) is 9.90 Å². The third-order valence-corrected chi connectivity index (χ3v) is 4.12. The number of hydrogen-bond donors (Lipinski definition) is 1. The van der Waals surface area contributed by atoms with Gasteiger partial charge in [0.05, 0.1) is 17.9 Å². The number of phenolic OH excluding ortho intramolecular Hbond substituents is 1. The SMILES string of the molecule is CCCCOC(=O)c1ccc(N=Cc2c(O)ccc3ccccc23)cc1. The van der Waals surface area contributed by atoms with Gasteiger partial charge in [-0.1, -0.05) is 43.7 Å². The van der Waals surface area contributed by atoms with E-state index in [1.54, 1.807) is 36.5 Å². The van der Waals surface area contributed by atoms with Gasteiger partial charge in [0.2, 0.25) is 0 Å². The molecule has 0 atom stereocenters. The predicted octanol–water partition coefficient (Wildman–Crippen LogP) is 5.25. The van der Waals surface area contributed by atoms with E-state index in [2.05, 4.69) is 4.99 Å². The molecule has 3 aromatic carbocycles. The largest absolute Gasteiger partial charge is 0.507 e. The first-order chi connectivity index (χ1) is 12.7. The second-order valence-electron chi connectivity index (χ2n) is 6.01. The van der Waals surface area contributed by atoms with Gasteiger partial charge in [0.25, 0.3) is 0 Å². The normalized spacial score (nSPS) is 11.1. The molecule has 4 heteroatoms. The summed E-state index contributed by atoms with van der Waals surface area (Å²) in [5.41, 5.74) is 1.88. The topological polar surface area (TPSA) is 58.9 Å². The summed E-state index contributed by atoms with van der Waals surface area (Å²) in [5, 5.41) is 12.1. The van der Waals surface area contributed by atoms with Gasteiger partial charge in [-0.25, -0.2) is 4.79 Å². The van der Waals surface area contributed by atoms with E-state index >= 15 is 0 Å². The molecule has 0 heterocycles. The number of aromatic hydroxyl groups is 1. The van der Waals surface area contributed by atoms with E-state index in [4.69, 9.17) is 4.74 Å². The quantitative estimate of drug-likeness (QED) is 0.376. The zero-order valence-corrected chi connectivity index (χ0v) is 14.7. The van der Waals surface area contributed by atoms with E-state index in [1.165, 1.54) is 0 Å². The van der Waals surface area contributed by atoms with Crippen LogP contribution in [0, 0.1) is 0 Å². The summed E-state index contributed by atoms with van der Waals surface area (Å²) in [6.45, 7) is 2.49. The number of nitrogens with zero attached hydrogens (tertiary/aromatic N) is 1. The first-order valence-corrected chi connectivity index (χ1v) is 8.71. The number of aliphatic imine (C=N–C) groups is 1. The molecule has 3 aromatic rings. The Labute approximate surface area is 152 Å². The van der Waals surface area contributed by atoms with Gasteiger partial charge in [-0.2, -0.15) is 0 Å². The smallest absolute Gasteiger partial charge is 0.338 e. The van der Waals surface area contributed by atoms with Crippen molar-refractivity contribution < 1.29 is 14.6 Å². The third-order valence-electron chi connectivity index (χ3n) is 4.12. The fourth-order valence-corrected chi connectivity index (χ4v) is 2.63. The fourth-order valence-electron chi connectivity index (χ4n) is 2.63. The van der Waals surface area contributed by atoms with Crippen molar-refractivity contribution in [3.05, 3.63) is 71.8 Å². The number of fused-ring (bicyclic) bond motifs is 1. The highest BCUT2D eigenvalue weighted by Crippen LogP contribution is 2.26. The zero-order chi connectivity index (χ0) is 18.4. The second kappa shape index (κ2) is 8.30. The van der Waals surface area contributed by atoms with Crippen LogP contribution in [0.2, 0.25) is 0 Å². The number of hydrogen-bond acceptors (Lipinski definition) is 4. The lowest BCUT2D eigenvalue weighted by atomic mass is 10.0. The molecular formula is C22H21NO3. The van der Waals surface area contributed by atoms with Crippen molar-refractivity contribution in [2.45, 2.75) is 19.8 Å². The van der Waals surface area contributed by atoms with Gasteiger partial charge in [-0.15, -0.1) is 0 Å². The molecule has 0 unspecified atom stereocenters. The molecule has 0 amide bonds. The lowest BCUT2D eigenvalue weighted by Crippen LogP contribution is -2.05. The molecule has 0 aliphatic carbocycles. The average molecular weight is 347 g/mol. The molecule has 0 fully saturated rings. The summed E-state index contributed by atoms with van der Waals surface area (Å²) in [5.74, 6) is -0.135. The van der Waals surface area contributed by atoms with Crippen LogP contribution in [0.1, 0.15) is 35.7 Å². The van der Waals surface area contributed by atoms with Crippen LogP contribution in [0.3, 0.4) is 0 Å². The highest BCUT2D eigenvalue weighted by molar-refractivity contribution is 6.03. The first kappa shape index (κ1) is 17.7.